The molecule has 1 heterocycles. The van der Waals surface area contributed by atoms with Gasteiger partial charge in [-0.1, -0.05) is 0 Å². The van der Waals surface area contributed by atoms with Crippen LogP contribution in [0.25, 0.3) is 0 Å². The Morgan fingerprint density at radius 2 is 1.22 bits per heavy atom. The van der Waals surface area contributed by atoms with E-state index in [4.69, 9.17) is 44.3 Å². The molecule has 0 aliphatic carbocycles. The van der Waals surface area contributed by atoms with Gasteiger partial charge in [-0.3, -0.25) is 43.5 Å². The van der Waals surface area contributed by atoms with E-state index in [0.717, 1.165) is 11.8 Å². The summed E-state index contributed by atoms with van der Waals surface area (Å²) in [6, 6.07) is -7.14. The van der Waals surface area contributed by atoms with E-state index >= 15 is 0 Å². The molecule has 0 aromatic carbocycles. The molecule has 0 aromatic rings. The van der Waals surface area contributed by atoms with Crippen molar-refractivity contribution >= 4 is 59.3 Å². The number of nitrogens with one attached hydrogen (secondary N) is 5. The largest absolute Gasteiger partial charge is 0.481 e. The highest BCUT2D eigenvalue weighted by Gasteiger charge is 2.35. The second-order valence-corrected chi connectivity index (χ2v) is 13.2. The number of nitrogens with two attached hydrogens (primary N) is 6. The standard InChI is InChI=1S/C31H58N14O9.C2H4O2/c1-17(24(48)44-21(16-46)26(50)40-15-23(47)45-14-6-10-22(45)29(53)54)41-27(51)19(8-2-3-11-32)43-28(52)20(9-5-13-39-31(36)37)42-25(49)18(33)7-4-12-38-30(34)35;1-2(3)4/h17-22,46H,2-16,32-33H2,1H3,(H,40,50)(H,41,51)(H,42,49)(H,43,52)(H,44,48)(H,53,54)(H4,34,35,38)(H4,36,37,39);1H3,(H,3,4)/t17-,18-,19-,20-,21-,22-;/m0./s1. The van der Waals surface area contributed by atoms with Crippen LogP contribution in [0.3, 0.4) is 0 Å². The predicted molar refractivity (Wildman–Crippen MR) is 210 cm³/mol. The normalized spacial score (nSPS) is 15.7. The van der Waals surface area contributed by atoms with E-state index in [-0.39, 0.29) is 63.7 Å². The Bertz CT molecular complexity index is 1440. The van der Waals surface area contributed by atoms with Crippen molar-refractivity contribution in [3.8, 4) is 0 Å². The number of rotatable bonds is 25. The number of aliphatic imine (C=N–C) groups is 2. The van der Waals surface area contributed by atoms with Crippen LogP contribution < -0.4 is 61.0 Å². The van der Waals surface area contributed by atoms with Gasteiger partial charge in [-0.2, -0.15) is 0 Å². The zero-order valence-corrected chi connectivity index (χ0v) is 33.0. The quantitative estimate of drug-likeness (QED) is 0.0231. The number of amides is 6. The number of carbonyl (C=O) groups is 8. The molecule has 0 spiro atoms. The van der Waals surface area contributed by atoms with Gasteiger partial charge in [0.15, 0.2) is 11.9 Å². The molecule has 20 N–H and O–H groups in total. The van der Waals surface area contributed by atoms with Gasteiger partial charge < -0.3 is 81.2 Å². The molecule has 0 radical (unpaired) electrons. The Morgan fingerprint density at radius 1 is 0.724 bits per heavy atom. The topological polar surface area (TPSA) is 441 Å². The van der Waals surface area contributed by atoms with Crippen LogP contribution in [-0.4, -0.2) is 155 Å². The molecular weight excluding hydrogens is 768 g/mol. The molecule has 6 amide bonds. The van der Waals surface area contributed by atoms with Crippen molar-refractivity contribution in [2.45, 2.75) is 108 Å². The van der Waals surface area contributed by atoms with Crippen LogP contribution in [-0.2, 0) is 38.4 Å². The van der Waals surface area contributed by atoms with Crippen LogP contribution in [0, 0.1) is 0 Å². The lowest BCUT2D eigenvalue weighted by molar-refractivity contribution is -0.148. The Kier molecular flexibility index (Phi) is 25.7. The summed E-state index contributed by atoms with van der Waals surface area (Å²) in [7, 11) is 0. The summed E-state index contributed by atoms with van der Waals surface area (Å²) in [6.45, 7) is 1.87. The Balaban J connectivity index is 0.00000773. The summed E-state index contributed by atoms with van der Waals surface area (Å²) in [4.78, 5) is 107. The minimum Gasteiger partial charge on any atom is -0.481 e. The van der Waals surface area contributed by atoms with Crippen molar-refractivity contribution in [3.05, 3.63) is 0 Å². The van der Waals surface area contributed by atoms with E-state index in [9.17, 15) is 43.8 Å². The number of carbonyl (C=O) groups excluding carboxylic acids is 6. The fraction of sp³-hybridized carbons (Fsp3) is 0.697. The maximum Gasteiger partial charge on any atom is 0.326 e. The lowest BCUT2D eigenvalue weighted by Gasteiger charge is -2.26. The molecule has 0 saturated carbocycles. The molecule has 1 saturated heterocycles. The molecule has 58 heavy (non-hydrogen) atoms. The molecule has 25 nitrogen and oxygen atoms in total. The van der Waals surface area contributed by atoms with Gasteiger partial charge in [0.2, 0.25) is 35.4 Å². The number of carboxylic acids is 2. The van der Waals surface area contributed by atoms with E-state index in [1.807, 2.05) is 0 Å². The minimum absolute atomic E-state index is 0.0689. The first-order chi connectivity index (χ1) is 27.2. The highest BCUT2D eigenvalue weighted by molar-refractivity contribution is 5.96. The van der Waals surface area contributed by atoms with Crippen molar-refractivity contribution in [3.63, 3.8) is 0 Å². The Morgan fingerprint density at radius 3 is 1.74 bits per heavy atom. The lowest BCUT2D eigenvalue weighted by atomic mass is 10.0. The number of aliphatic hydroxyl groups is 1. The monoisotopic (exact) mass is 830 g/mol. The lowest BCUT2D eigenvalue weighted by Crippen LogP contribution is -2.59. The van der Waals surface area contributed by atoms with Crippen molar-refractivity contribution in [2.75, 3.05) is 39.3 Å². The molecule has 1 aliphatic heterocycles. The number of likely N-dealkylation sites (tertiary alicyclic amines) is 1. The van der Waals surface area contributed by atoms with E-state index < -0.39 is 96.8 Å². The number of hydrogen-bond donors (Lipinski definition) is 14. The van der Waals surface area contributed by atoms with E-state index in [1.165, 1.54) is 6.92 Å². The number of aliphatic carboxylic acids is 2. The molecule has 1 rings (SSSR count). The number of nitrogens with zero attached hydrogens (tertiary/aromatic N) is 3. The number of carboxylic acid groups (broad SMARTS) is 2. The van der Waals surface area contributed by atoms with Crippen molar-refractivity contribution in [2.24, 2.45) is 44.4 Å². The summed E-state index contributed by atoms with van der Waals surface area (Å²) in [5, 5.41) is 38.8. The molecule has 1 fully saturated rings. The van der Waals surface area contributed by atoms with E-state index in [2.05, 4.69) is 36.6 Å². The molecule has 6 atom stereocenters. The highest BCUT2D eigenvalue weighted by atomic mass is 16.4. The van der Waals surface area contributed by atoms with Crippen LogP contribution in [0.2, 0.25) is 0 Å². The Labute approximate surface area is 335 Å². The van der Waals surface area contributed by atoms with Crippen LogP contribution in [0.4, 0.5) is 0 Å². The van der Waals surface area contributed by atoms with Gasteiger partial charge in [0.05, 0.1) is 19.2 Å². The number of aliphatic hydroxyl groups excluding tert-OH is 1. The summed E-state index contributed by atoms with van der Waals surface area (Å²) in [5.41, 5.74) is 33.0. The first-order valence-corrected chi connectivity index (χ1v) is 18.6. The van der Waals surface area contributed by atoms with Gasteiger partial charge in [-0.05, 0) is 71.3 Å². The van der Waals surface area contributed by atoms with Gasteiger partial charge >= 0.3 is 5.97 Å². The predicted octanol–water partition coefficient (Wildman–Crippen LogP) is -6.22. The average molecular weight is 831 g/mol. The van der Waals surface area contributed by atoms with Gasteiger partial charge in [0, 0.05) is 26.6 Å². The molecule has 25 heteroatoms. The summed E-state index contributed by atoms with van der Waals surface area (Å²) in [5.74, 6) is -6.82. The summed E-state index contributed by atoms with van der Waals surface area (Å²) < 4.78 is 0. The number of unbranched alkanes of at least 4 members (excludes halogenated alkanes) is 1. The van der Waals surface area contributed by atoms with Gasteiger partial charge in [-0.25, -0.2) is 4.79 Å². The second kappa shape index (κ2) is 28.6. The zero-order chi connectivity index (χ0) is 44.4. The highest BCUT2D eigenvalue weighted by Crippen LogP contribution is 2.17. The summed E-state index contributed by atoms with van der Waals surface area (Å²) >= 11 is 0. The first-order valence-electron chi connectivity index (χ1n) is 18.6. The molecule has 0 unspecified atom stereocenters. The Hall–Kier alpha value is -5.82. The van der Waals surface area contributed by atoms with E-state index in [0.29, 0.717) is 32.2 Å². The SMILES string of the molecule is CC(=O)O.C[C@H](NC(=O)[C@H](CCCCN)NC(=O)[C@H](CCCN=C(N)N)NC(=O)[C@@H](N)CCCN=C(N)N)C(=O)N[C@@H](CO)C(=O)NCC(=O)N1CCC[C@H]1C(=O)O. The van der Waals surface area contributed by atoms with Gasteiger partial charge in [0.25, 0.3) is 5.97 Å². The molecule has 0 aromatic heterocycles. The van der Waals surface area contributed by atoms with Gasteiger partial charge in [-0.15, -0.1) is 0 Å². The van der Waals surface area contributed by atoms with Crippen molar-refractivity contribution < 1.29 is 53.7 Å². The van der Waals surface area contributed by atoms with E-state index in [1.54, 1.807) is 0 Å². The third kappa shape index (κ3) is 22.1. The van der Waals surface area contributed by atoms with Crippen LogP contribution in [0.15, 0.2) is 9.98 Å². The maximum atomic E-state index is 13.5. The average Bonchev–Trinajstić information content (AvgIpc) is 3.65. The van der Waals surface area contributed by atoms with Crippen molar-refractivity contribution in [1.82, 2.24) is 31.5 Å². The molecular formula is C33H62N14O11. The fourth-order valence-corrected chi connectivity index (χ4v) is 5.32. The maximum absolute atomic E-state index is 13.5. The molecule has 1 aliphatic rings. The minimum atomic E-state index is -1.51. The van der Waals surface area contributed by atoms with Crippen LogP contribution in [0.5, 0.6) is 0 Å². The number of hydrogen-bond acceptors (Lipinski definition) is 13. The third-order valence-electron chi connectivity index (χ3n) is 8.30. The van der Waals surface area contributed by atoms with Crippen LogP contribution >= 0.6 is 0 Å². The molecule has 330 valence electrons. The zero-order valence-electron chi connectivity index (χ0n) is 33.0. The number of guanidine groups is 2. The van der Waals surface area contributed by atoms with Crippen LogP contribution in [0.1, 0.15) is 71.6 Å². The molecule has 0 bridgehead atoms. The first kappa shape index (κ1) is 52.2. The second-order valence-electron chi connectivity index (χ2n) is 13.2. The van der Waals surface area contributed by atoms with Crippen molar-refractivity contribution in [1.29, 1.82) is 0 Å². The fourth-order valence-electron chi connectivity index (χ4n) is 5.32. The third-order valence-corrected chi connectivity index (χ3v) is 8.30. The smallest absolute Gasteiger partial charge is 0.326 e. The summed E-state index contributed by atoms with van der Waals surface area (Å²) in [6.07, 6.45) is 2.73. The van der Waals surface area contributed by atoms with Gasteiger partial charge in [0.1, 0.15) is 30.2 Å².